The second-order valence-electron chi connectivity index (χ2n) is 9.60. The lowest BCUT2D eigenvalue weighted by Crippen LogP contribution is -2.48. The van der Waals surface area contributed by atoms with Crippen LogP contribution in [0.1, 0.15) is 80.7 Å². The summed E-state index contributed by atoms with van der Waals surface area (Å²) in [5.74, 6) is 0.371. The van der Waals surface area contributed by atoms with E-state index in [0.717, 1.165) is 88.1 Å². The minimum atomic E-state index is -0.266. The van der Waals surface area contributed by atoms with Crippen molar-refractivity contribution in [1.82, 2.24) is 9.80 Å². The molecule has 0 unspecified atom stereocenters. The van der Waals surface area contributed by atoms with Gasteiger partial charge in [0.1, 0.15) is 11.1 Å². The molecule has 0 spiro atoms. The number of nitrogens with one attached hydrogen (secondary N) is 1. The van der Waals surface area contributed by atoms with Crippen LogP contribution < -0.4 is 5.32 Å². The maximum atomic E-state index is 13.0. The average Bonchev–Trinajstić information content (AvgIpc) is 3.03. The quantitative estimate of drug-likeness (QED) is 0.684. The minimum Gasteiger partial charge on any atom is -0.342 e. The highest BCUT2D eigenvalue weighted by Crippen LogP contribution is 2.37. The first-order chi connectivity index (χ1) is 15.6. The second kappa shape index (κ2) is 10.8. The summed E-state index contributed by atoms with van der Waals surface area (Å²) in [6.45, 7) is 5.29. The van der Waals surface area contributed by atoms with Crippen molar-refractivity contribution < 1.29 is 9.59 Å². The predicted octanol–water partition coefficient (Wildman–Crippen LogP) is 4.33. The van der Waals surface area contributed by atoms with Crippen molar-refractivity contribution in [3.63, 3.8) is 0 Å². The third-order valence-electron chi connectivity index (χ3n) is 7.49. The Morgan fingerprint density at radius 3 is 2.34 bits per heavy atom. The molecule has 0 aromatic carbocycles. The van der Waals surface area contributed by atoms with E-state index >= 15 is 0 Å². The maximum Gasteiger partial charge on any atom is 0.242 e. The summed E-state index contributed by atoms with van der Waals surface area (Å²) < 4.78 is 0. The van der Waals surface area contributed by atoms with Crippen LogP contribution >= 0.6 is 11.3 Å². The molecule has 0 bridgehead atoms. The van der Waals surface area contributed by atoms with Crippen LogP contribution in [0.2, 0.25) is 0 Å². The van der Waals surface area contributed by atoms with E-state index in [1.807, 2.05) is 6.92 Å². The molecule has 0 saturated carbocycles. The molecular formula is C25H36N4O2S. The topological polar surface area (TPSA) is 76.4 Å². The van der Waals surface area contributed by atoms with Crippen LogP contribution in [0.4, 0.5) is 5.00 Å². The molecule has 32 heavy (non-hydrogen) atoms. The summed E-state index contributed by atoms with van der Waals surface area (Å²) in [5, 5.41) is 13.5. The molecule has 7 heteroatoms. The van der Waals surface area contributed by atoms with Crippen LogP contribution in [0.5, 0.6) is 0 Å². The highest BCUT2D eigenvalue weighted by Gasteiger charge is 2.32. The Kier molecular flexibility index (Phi) is 7.85. The maximum absolute atomic E-state index is 13.0. The zero-order chi connectivity index (χ0) is 22.5. The Balaban J connectivity index is 1.32. The molecule has 4 rings (SSSR count). The fraction of sp³-hybridized carbons (Fsp3) is 0.720. The number of piperidine rings is 1. The average molecular weight is 457 g/mol. The lowest BCUT2D eigenvalue weighted by Gasteiger charge is -2.36. The molecule has 2 fully saturated rings. The highest BCUT2D eigenvalue weighted by molar-refractivity contribution is 7.16. The molecule has 3 heterocycles. The van der Waals surface area contributed by atoms with Crippen molar-refractivity contribution in [3.05, 3.63) is 16.0 Å². The van der Waals surface area contributed by atoms with Gasteiger partial charge in [0.15, 0.2) is 0 Å². The van der Waals surface area contributed by atoms with Crippen molar-refractivity contribution in [2.75, 3.05) is 31.5 Å². The Morgan fingerprint density at radius 2 is 1.66 bits per heavy atom. The molecule has 174 valence electrons. The van der Waals surface area contributed by atoms with E-state index in [-0.39, 0.29) is 17.9 Å². The molecule has 1 aromatic rings. The number of anilines is 1. The van der Waals surface area contributed by atoms with Crippen LogP contribution in [0.25, 0.3) is 0 Å². The summed E-state index contributed by atoms with van der Waals surface area (Å²) in [4.78, 5) is 31.5. The lowest BCUT2D eigenvalue weighted by atomic mass is 9.94. The SMILES string of the molecule is C[C@@H](C(=O)Nc1sc2c(c1C#N)CCCCC2)N1CCC(C(=O)N2CCCCCC2)CC1. The number of hydrogen-bond donors (Lipinski definition) is 1. The van der Waals surface area contributed by atoms with Gasteiger partial charge in [-0.05, 0) is 76.9 Å². The van der Waals surface area contributed by atoms with E-state index in [2.05, 4.69) is 21.2 Å². The van der Waals surface area contributed by atoms with Crippen molar-refractivity contribution in [3.8, 4) is 6.07 Å². The van der Waals surface area contributed by atoms with Gasteiger partial charge in [-0.15, -0.1) is 11.3 Å². The molecule has 2 aliphatic heterocycles. The van der Waals surface area contributed by atoms with Gasteiger partial charge in [0.05, 0.1) is 11.6 Å². The van der Waals surface area contributed by atoms with Gasteiger partial charge in [-0.3, -0.25) is 14.5 Å². The van der Waals surface area contributed by atoms with Crippen LogP contribution in [-0.2, 0) is 22.4 Å². The first kappa shape index (κ1) is 23.3. The molecular weight excluding hydrogens is 420 g/mol. The number of aryl methyl sites for hydroxylation is 1. The Hall–Kier alpha value is -1.91. The second-order valence-corrected chi connectivity index (χ2v) is 10.7. The number of hydrogen-bond acceptors (Lipinski definition) is 5. The largest absolute Gasteiger partial charge is 0.342 e. The van der Waals surface area contributed by atoms with Gasteiger partial charge in [-0.25, -0.2) is 0 Å². The Bertz CT molecular complexity index is 858. The molecule has 1 atom stereocenters. The molecule has 1 aromatic heterocycles. The molecule has 1 N–H and O–H groups in total. The van der Waals surface area contributed by atoms with Gasteiger partial charge in [-0.2, -0.15) is 5.26 Å². The standard InChI is InChI=1S/C25H36N4O2S/c1-18(23(30)27-24-21(17-26)20-9-5-4-6-10-22(20)32-24)28-15-11-19(12-16-28)25(31)29-13-7-2-3-8-14-29/h18-19H,2-16H2,1H3,(H,27,30)/t18-/m0/s1. The van der Waals surface area contributed by atoms with Crippen molar-refractivity contribution in [2.45, 2.75) is 83.6 Å². The van der Waals surface area contributed by atoms with E-state index in [0.29, 0.717) is 11.5 Å². The van der Waals surface area contributed by atoms with Gasteiger partial charge in [0.2, 0.25) is 11.8 Å². The summed E-state index contributed by atoms with van der Waals surface area (Å²) in [6.07, 6.45) is 11.8. The number of likely N-dealkylation sites (tertiary alicyclic amines) is 2. The number of nitrogens with zero attached hydrogens (tertiary/aromatic N) is 3. The Morgan fingerprint density at radius 1 is 1.00 bits per heavy atom. The summed E-state index contributed by atoms with van der Waals surface area (Å²) in [6, 6.07) is 2.08. The van der Waals surface area contributed by atoms with E-state index in [9.17, 15) is 14.9 Å². The third kappa shape index (κ3) is 5.18. The minimum absolute atomic E-state index is 0.0461. The fourth-order valence-corrected chi connectivity index (χ4v) is 6.66. The van der Waals surface area contributed by atoms with Gasteiger partial charge < -0.3 is 10.2 Å². The summed E-state index contributed by atoms with van der Waals surface area (Å²) >= 11 is 1.59. The number of carbonyl (C=O) groups is 2. The van der Waals surface area contributed by atoms with Gasteiger partial charge >= 0.3 is 0 Å². The van der Waals surface area contributed by atoms with Crippen molar-refractivity contribution >= 4 is 28.2 Å². The predicted molar refractivity (Wildman–Crippen MR) is 128 cm³/mol. The van der Waals surface area contributed by atoms with Crippen LogP contribution in [0.15, 0.2) is 0 Å². The van der Waals surface area contributed by atoms with Crippen LogP contribution in [-0.4, -0.2) is 53.8 Å². The summed E-state index contributed by atoms with van der Waals surface area (Å²) in [5.41, 5.74) is 1.83. The zero-order valence-electron chi connectivity index (χ0n) is 19.3. The van der Waals surface area contributed by atoms with Crippen molar-refractivity contribution in [2.24, 2.45) is 5.92 Å². The van der Waals surface area contributed by atoms with E-state index in [4.69, 9.17) is 0 Å². The molecule has 1 aliphatic carbocycles. The van der Waals surface area contributed by atoms with Gasteiger partial charge in [0, 0.05) is 23.9 Å². The summed E-state index contributed by atoms with van der Waals surface area (Å²) in [7, 11) is 0. The number of fused-ring (bicyclic) bond motifs is 1. The van der Waals surface area contributed by atoms with Gasteiger partial charge in [0.25, 0.3) is 0 Å². The van der Waals surface area contributed by atoms with E-state index in [1.54, 1.807) is 11.3 Å². The monoisotopic (exact) mass is 456 g/mol. The Labute approximate surface area is 196 Å². The third-order valence-corrected chi connectivity index (χ3v) is 8.70. The number of nitriles is 1. The number of amides is 2. The number of thiophene rings is 1. The fourth-order valence-electron chi connectivity index (χ4n) is 5.41. The number of rotatable bonds is 4. The van der Waals surface area contributed by atoms with Gasteiger partial charge in [-0.1, -0.05) is 19.3 Å². The molecule has 6 nitrogen and oxygen atoms in total. The van der Waals surface area contributed by atoms with E-state index < -0.39 is 0 Å². The first-order valence-corrected chi connectivity index (χ1v) is 13.3. The van der Waals surface area contributed by atoms with E-state index in [1.165, 1.54) is 24.1 Å². The van der Waals surface area contributed by atoms with Crippen LogP contribution in [0.3, 0.4) is 0 Å². The van der Waals surface area contributed by atoms with Crippen LogP contribution in [0, 0.1) is 17.2 Å². The molecule has 3 aliphatic rings. The smallest absolute Gasteiger partial charge is 0.242 e. The number of carbonyl (C=O) groups excluding carboxylic acids is 2. The highest BCUT2D eigenvalue weighted by atomic mass is 32.1. The van der Waals surface area contributed by atoms with Crippen molar-refractivity contribution in [1.29, 1.82) is 5.26 Å². The molecule has 0 radical (unpaired) electrons. The molecule has 2 saturated heterocycles. The zero-order valence-corrected chi connectivity index (χ0v) is 20.1. The first-order valence-electron chi connectivity index (χ1n) is 12.5. The normalized spacial score (nSPS) is 21.7. The lowest BCUT2D eigenvalue weighted by molar-refractivity contribution is -0.137. The molecule has 2 amide bonds.